The maximum Gasteiger partial charge on any atom is 0.244 e. The lowest BCUT2D eigenvalue weighted by molar-refractivity contribution is 0.819. The van der Waals surface area contributed by atoms with E-state index >= 15 is 0 Å². The predicted molar refractivity (Wildman–Crippen MR) is 82.3 cm³/mol. The Morgan fingerprint density at radius 1 is 1.10 bits per heavy atom. The highest BCUT2D eigenvalue weighted by atomic mass is 15.3. The molecule has 1 heterocycles. The van der Waals surface area contributed by atoms with Crippen LogP contribution in [0.1, 0.15) is 32.3 Å². The van der Waals surface area contributed by atoms with Crippen molar-refractivity contribution in [2.45, 2.75) is 33.1 Å². The van der Waals surface area contributed by atoms with Gasteiger partial charge >= 0.3 is 0 Å². The largest absolute Gasteiger partial charge is 0.353 e. The van der Waals surface area contributed by atoms with Crippen LogP contribution in [0.4, 0.5) is 17.5 Å². The standard InChI is InChI=1S/C15H21N5/c1-3-5-10-16-15-19-14(11-17-20-15)18-13-8-6-12(4-2)7-9-13/h6-9,11H,3-5,10H2,1-2H3,(H2,16,18,19,20). The molecule has 106 valence electrons. The van der Waals surface area contributed by atoms with Gasteiger partial charge in [-0.2, -0.15) is 10.1 Å². The molecule has 2 rings (SSSR count). The zero-order valence-corrected chi connectivity index (χ0v) is 12.1. The summed E-state index contributed by atoms with van der Waals surface area (Å²) in [6, 6.07) is 8.31. The predicted octanol–water partition coefficient (Wildman–Crippen LogP) is 3.39. The number of nitrogens with zero attached hydrogens (tertiary/aromatic N) is 3. The molecule has 2 aromatic rings. The van der Waals surface area contributed by atoms with Crippen molar-refractivity contribution in [3.8, 4) is 0 Å². The van der Waals surface area contributed by atoms with Crippen LogP contribution in [0.25, 0.3) is 0 Å². The highest BCUT2D eigenvalue weighted by molar-refractivity contribution is 5.56. The molecule has 0 spiro atoms. The molecule has 0 radical (unpaired) electrons. The fraction of sp³-hybridized carbons (Fsp3) is 0.400. The highest BCUT2D eigenvalue weighted by Gasteiger charge is 2.00. The summed E-state index contributed by atoms with van der Waals surface area (Å²) in [5, 5.41) is 14.3. The number of benzene rings is 1. The van der Waals surface area contributed by atoms with Crippen LogP contribution in [-0.4, -0.2) is 21.7 Å². The molecule has 1 aromatic heterocycles. The van der Waals surface area contributed by atoms with E-state index < -0.39 is 0 Å². The molecule has 20 heavy (non-hydrogen) atoms. The van der Waals surface area contributed by atoms with Gasteiger partial charge in [0.2, 0.25) is 5.95 Å². The molecule has 0 amide bonds. The lowest BCUT2D eigenvalue weighted by Gasteiger charge is -2.07. The number of nitrogens with one attached hydrogen (secondary N) is 2. The van der Waals surface area contributed by atoms with E-state index in [1.807, 2.05) is 12.1 Å². The van der Waals surface area contributed by atoms with E-state index in [0.29, 0.717) is 11.8 Å². The SMILES string of the molecule is CCCCNc1nncc(Nc2ccc(CC)cc2)n1. The lowest BCUT2D eigenvalue weighted by atomic mass is 10.1. The Morgan fingerprint density at radius 2 is 1.90 bits per heavy atom. The fourth-order valence-corrected chi connectivity index (χ4v) is 1.79. The van der Waals surface area contributed by atoms with Gasteiger partial charge in [0.05, 0.1) is 6.20 Å². The minimum atomic E-state index is 0.564. The Morgan fingerprint density at radius 3 is 2.60 bits per heavy atom. The first-order valence-electron chi connectivity index (χ1n) is 7.11. The fourth-order valence-electron chi connectivity index (χ4n) is 1.79. The summed E-state index contributed by atoms with van der Waals surface area (Å²) in [6.45, 7) is 5.16. The number of aromatic nitrogens is 3. The Bertz CT molecular complexity index is 524. The zero-order chi connectivity index (χ0) is 14.2. The van der Waals surface area contributed by atoms with E-state index in [-0.39, 0.29) is 0 Å². The van der Waals surface area contributed by atoms with Crippen molar-refractivity contribution in [1.29, 1.82) is 0 Å². The molecular weight excluding hydrogens is 250 g/mol. The number of rotatable bonds is 7. The molecule has 1 aromatic carbocycles. The van der Waals surface area contributed by atoms with Crippen molar-refractivity contribution in [1.82, 2.24) is 15.2 Å². The second-order valence-electron chi connectivity index (χ2n) is 4.62. The van der Waals surface area contributed by atoms with Gasteiger partial charge in [-0.05, 0) is 30.5 Å². The first kappa shape index (κ1) is 14.2. The summed E-state index contributed by atoms with van der Waals surface area (Å²) in [5.74, 6) is 1.26. The van der Waals surface area contributed by atoms with Gasteiger partial charge in [0.15, 0.2) is 5.82 Å². The normalized spacial score (nSPS) is 10.3. The van der Waals surface area contributed by atoms with Gasteiger partial charge in [0.1, 0.15) is 0 Å². The summed E-state index contributed by atoms with van der Waals surface area (Å²) in [6.07, 6.45) is 4.90. The number of unbranched alkanes of at least 4 members (excludes halogenated alkanes) is 1. The number of hydrogen-bond donors (Lipinski definition) is 2. The smallest absolute Gasteiger partial charge is 0.244 e. The average Bonchev–Trinajstić information content (AvgIpc) is 2.49. The molecule has 0 saturated carbocycles. The molecule has 0 fully saturated rings. The van der Waals surface area contributed by atoms with E-state index in [0.717, 1.165) is 31.5 Å². The van der Waals surface area contributed by atoms with E-state index in [9.17, 15) is 0 Å². The maximum absolute atomic E-state index is 4.39. The third kappa shape index (κ3) is 4.19. The van der Waals surface area contributed by atoms with Crippen molar-refractivity contribution in [3.05, 3.63) is 36.0 Å². The van der Waals surface area contributed by atoms with Gasteiger partial charge in [0.25, 0.3) is 0 Å². The van der Waals surface area contributed by atoms with Crippen LogP contribution < -0.4 is 10.6 Å². The van der Waals surface area contributed by atoms with Crippen molar-refractivity contribution < 1.29 is 0 Å². The van der Waals surface area contributed by atoms with E-state index in [1.165, 1.54) is 5.56 Å². The van der Waals surface area contributed by atoms with Crippen molar-refractivity contribution in [2.75, 3.05) is 17.2 Å². The molecule has 0 aliphatic heterocycles. The molecule has 5 heteroatoms. The summed E-state index contributed by atoms with van der Waals surface area (Å²) < 4.78 is 0. The quantitative estimate of drug-likeness (QED) is 0.756. The summed E-state index contributed by atoms with van der Waals surface area (Å²) in [7, 11) is 0. The van der Waals surface area contributed by atoms with Crippen LogP contribution in [-0.2, 0) is 6.42 Å². The molecule has 0 aliphatic carbocycles. The van der Waals surface area contributed by atoms with Crippen molar-refractivity contribution in [2.24, 2.45) is 0 Å². The van der Waals surface area contributed by atoms with Gasteiger partial charge < -0.3 is 10.6 Å². The van der Waals surface area contributed by atoms with Crippen LogP contribution >= 0.6 is 0 Å². The third-order valence-corrected chi connectivity index (χ3v) is 3.01. The molecule has 2 N–H and O–H groups in total. The van der Waals surface area contributed by atoms with E-state index in [1.54, 1.807) is 6.20 Å². The molecule has 0 saturated heterocycles. The van der Waals surface area contributed by atoms with E-state index in [4.69, 9.17) is 0 Å². The first-order chi connectivity index (χ1) is 9.81. The summed E-state index contributed by atoms with van der Waals surface area (Å²) in [4.78, 5) is 4.39. The van der Waals surface area contributed by atoms with Crippen LogP contribution in [0.5, 0.6) is 0 Å². The van der Waals surface area contributed by atoms with Gasteiger partial charge in [0, 0.05) is 12.2 Å². The van der Waals surface area contributed by atoms with Gasteiger partial charge in [-0.1, -0.05) is 32.4 Å². The van der Waals surface area contributed by atoms with Crippen LogP contribution in [0.15, 0.2) is 30.5 Å². The number of anilines is 3. The number of hydrogen-bond acceptors (Lipinski definition) is 5. The lowest BCUT2D eigenvalue weighted by Crippen LogP contribution is -2.07. The van der Waals surface area contributed by atoms with Crippen LogP contribution in [0.3, 0.4) is 0 Å². The first-order valence-corrected chi connectivity index (χ1v) is 7.11. The topological polar surface area (TPSA) is 62.7 Å². The summed E-state index contributed by atoms with van der Waals surface area (Å²) >= 11 is 0. The maximum atomic E-state index is 4.39. The minimum Gasteiger partial charge on any atom is -0.353 e. The van der Waals surface area contributed by atoms with Crippen molar-refractivity contribution in [3.63, 3.8) is 0 Å². The van der Waals surface area contributed by atoms with Gasteiger partial charge in [-0.25, -0.2) is 0 Å². The Hall–Kier alpha value is -2.17. The molecule has 0 unspecified atom stereocenters. The Kier molecular flexibility index (Phi) is 5.29. The minimum absolute atomic E-state index is 0.564. The Balaban J connectivity index is 1.99. The van der Waals surface area contributed by atoms with Gasteiger partial charge in [-0.3, -0.25) is 0 Å². The monoisotopic (exact) mass is 271 g/mol. The van der Waals surface area contributed by atoms with Crippen molar-refractivity contribution >= 4 is 17.5 Å². The van der Waals surface area contributed by atoms with Crippen LogP contribution in [0.2, 0.25) is 0 Å². The van der Waals surface area contributed by atoms with E-state index in [2.05, 4.69) is 51.8 Å². The summed E-state index contributed by atoms with van der Waals surface area (Å²) in [5.41, 5.74) is 2.32. The average molecular weight is 271 g/mol. The molecular formula is C15H21N5. The molecule has 0 aliphatic rings. The second-order valence-corrected chi connectivity index (χ2v) is 4.62. The number of aryl methyl sites for hydroxylation is 1. The zero-order valence-electron chi connectivity index (χ0n) is 12.1. The molecule has 0 atom stereocenters. The second kappa shape index (κ2) is 7.43. The molecule has 5 nitrogen and oxygen atoms in total. The Labute approximate surface area is 119 Å². The highest BCUT2D eigenvalue weighted by Crippen LogP contribution is 2.15. The van der Waals surface area contributed by atoms with Crippen LogP contribution in [0, 0.1) is 0 Å². The molecule has 0 bridgehead atoms. The third-order valence-electron chi connectivity index (χ3n) is 3.01. The van der Waals surface area contributed by atoms with Gasteiger partial charge in [-0.15, -0.1) is 5.10 Å².